The molecule has 58 valence electrons. The highest BCUT2D eigenvalue weighted by molar-refractivity contribution is 8.22. The molecule has 0 fully saturated rings. The first kappa shape index (κ1) is 10.1. The third-order valence-electron chi connectivity index (χ3n) is 0.835. The fourth-order valence-electron chi connectivity index (χ4n) is 0.440. The first-order chi connectivity index (χ1) is 4.76. The van der Waals surface area contributed by atoms with E-state index in [0.717, 1.165) is 9.99 Å². The Labute approximate surface area is 70.0 Å². The fraction of sp³-hybridized carbons (Fsp3) is 0.429. The van der Waals surface area contributed by atoms with E-state index in [1.54, 1.807) is 0 Å². The van der Waals surface area contributed by atoms with Gasteiger partial charge in [-0.3, -0.25) is 0 Å². The van der Waals surface area contributed by atoms with Gasteiger partial charge >= 0.3 is 0 Å². The van der Waals surface area contributed by atoms with Gasteiger partial charge in [-0.2, -0.15) is 0 Å². The summed E-state index contributed by atoms with van der Waals surface area (Å²) >= 11 is 2.93. The maximum atomic E-state index is 12.7. The number of hydrogen-bond donors (Lipinski definition) is 0. The summed E-state index contributed by atoms with van der Waals surface area (Å²) in [4.78, 5) is 0. The third-order valence-corrected chi connectivity index (χ3v) is 3.00. The van der Waals surface area contributed by atoms with Crippen LogP contribution < -0.4 is 0 Å². The van der Waals surface area contributed by atoms with E-state index >= 15 is 0 Å². The molecule has 0 N–H and O–H groups in total. The highest BCUT2D eigenvalue weighted by Crippen LogP contribution is 2.30. The van der Waals surface area contributed by atoms with E-state index in [1.165, 1.54) is 29.6 Å². The molecule has 0 amide bonds. The lowest BCUT2D eigenvalue weighted by atomic mass is 10.6. The van der Waals surface area contributed by atoms with Gasteiger partial charge in [0.15, 0.2) is 0 Å². The topological polar surface area (TPSA) is 0 Å². The standard InChI is InChI=1S/C7H11FS2/c1-4-6(8)7(9-3)10-5-2/h4H,1,5H2,2-3H3/b7-6+. The minimum absolute atomic E-state index is 0.209. The molecule has 3 heteroatoms. The highest BCUT2D eigenvalue weighted by atomic mass is 32.2. The van der Waals surface area contributed by atoms with Gasteiger partial charge in [0.25, 0.3) is 0 Å². The zero-order chi connectivity index (χ0) is 7.98. The Bertz CT molecular complexity index is 141. The van der Waals surface area contributed by atoms with Crippen molar-refractivity contribution in [2.75, 3.05) is 12.0 Å². The van der Waals surface area contributed by atoms with E-state index < -0.39 is 0 Å². The molecule has 10 heavy (non-hydrogen) atoms. The Balaban J connectivity index is 4.13. The van der Waals surface area contributed by atoms with E-state index in [9.17, 15) is 4.39 Å². The molecule has 0 saturated heterocycles. The van der Waals surface area contributed by atoms with Gasteiger partial charge in [-0.05, 0) is 18.1 Å². The van der Waals surface area contributed by atoms with Crippen LogP contribution in [0, 0.1) is 0 Å². The van der Waals surface area contributed by atoms with Crippen molar-refractivity contribution in [2.24, 2.45) is 0 Å². The monoisotopic (exact) mass is 178 g/mol. The molecule has 0 rings (SSSR count). The molecule has 0 nitrogen and oxygen atoms in total. The first-order valence-corrected chi connectivity index (χ1v) is 5.16. The molecular weight excluding hydrogens is 167 g/mol. The predicted octanol–water partition coefficient (Wildman–Crippen LogP) is 3.43. The number of halogens is 1. The van der Waals surface area contributed by atoms with Crippen LogP contribution in [-0.2, 0) is 0 Å². The van der Waals surface area contributed by atoms with Crippen molar-refractivity contribution in [3.63, 3.8) is 0 Å². The summed E-state index contributed by atoms with van der Waals surface area (Å²) in [5.41, 5.74) is 0. The quantitative estimate of drug-likeness (QED) is 0.605. The van der Waals surface area contributed by atoms with Gasteiger partial charge in [-0.1, -0.05) is 13.5 Å². The van der Waals surface area contributed by atoms with Crippen molar-refractivity contribution in [1.29, 1.82) is 0 Å². The molecule has 0 aromatic heterocycles. The van der Waals surface area contributed by atoms with Gasteiger partial charge in [0.2, 0.25) is 0 Å². The minimum atomic E-state index is -0.209. The van der Waals surface area contributed by atoms with Crippen LogP contribution >= 0.6 is 23.5 Å². The lowest BCUT2D eigenvalue weighted by Crippen LogP contribution is -1.74. The van der Waals surface area contributed by atoms with Crippen LogP contribution in [0.25, 0.3) is 0 Å². The Morgan fingerprint density at radius 2 is 2.30 bits per heavy atom. The summed E-state index contributed by atoms with van der Waals surface area (Å²) < 4.78 is 13.4. The largest absolute Gasteiger partial charge is 0.205 e. The second kappa shape index (κ2) is 5.86. The van der Waals surface area contributed by atoms with Crippen LogP contribution in [0.4, 0.5) is 4.39 Å². The normalized spacial score (nSPS) is 12.7. The van der Waals surface area contributed by atoms with E-state index in [2.05, 4.69) is 6.58 Å². The van der Waals surface area contributed by atoms with Gasteiger partial charge in [0.05, 0.1) is 4.24 Å². The van der Waals surface area contributed by atoms with Crippen LogP contribution in [-0.4, -0.2) is 12.0 Å². The zero-order valence-corrected chi connectivity index (χ0v) is 7.82. The maximum absolute atomic E-state index is 12.7. The Kier molecular flexibility index (Phi) is 5.93. The average molecular weight is 178 g/mol. The minimum Gasteiger partial charge on any atom is -0.205 e. The molecule has 0 aliphatic carbocycles. The molecular formula is C7H11FS2. The summed E-state index contributed by atoms with van der Waals surface area (Å²) in [6.45, 7) is 5.35. The SMILES string of the molecule is C=C/C(F)=C(/SC)SCC. The van der Waals surface area contributed by atoms with Gasteiger partial charge in [0, 0.05) is 0 Å². The Hall–Kier alpha value is 0.110. The number of thioether (sulfide) groups is 2. The van der Waals surface area contributed by atoms with Crippen molar-refractivity contribution < 1.29 is 4.39 Å². The van der Waals surface area contributed by atoms with E-state index in [4.69, 9.17) is 0 Å². The number of hydrogen-bond acceptors (Lipinski definition) is 2. The Morgan fingerprint density at radius 1 is 1.70 bits per heavy atom. The summed E-state index contributed by atoms with van der Waals surface area (Å²) in [5, 5.41) is 0. The van der Waals surface area contributed by atoms with Gasteiger partial charge in [-0.25, -0.2) is 4.39 Å². The molecule has 0 heterocycles. The van der Waals surface area contributed by atoms with Crippen LogP contribution in [0.3, 0.4) is 0 Å². The van der Waals surface area contributed by atoms with Crippen molar-refractivity contribution in [1.82, 2.24) is 0 Å². The molecule has 0 unspecified atom stereocenters. The molecule has 0 aromatic rings. The van der Waals surface area contributed by atoms with Crippen LogP contribution in [0.2, 0.25) is 0 Å². The third kappa shape index (κ3) is 3.32. The van der Waals surface area contributed by atoms with Gasteiger partial charge in [0.1, 0.15) is 5.83 Å². The smallest absolute Gasteiger partial charge is 0.142 e. The van der Waals surface area contributed by atoms with E-state index in [1.807, 2.05) is 13.2 Å². The van der Waals surface area contributed by atoms with Crippen LogP contribution in [0.5, 0.6) is 0 Å². The molecule has 0 saturated carbocycles. The van der Waals surface area contributed by atoms with E-state index in [-0.39, 0.29) is 5.83 Å². The van der Waals surface area contributed by atoms with Gasteiger partial charge < -0.3 is 0 Å². The predicted molar refractivity (Wildman–Crippen MR) is 50.0 cm³/mol. The summed E-state index contributed by atoms with van der Waals surface area (Å²) in [6, 6.07) is 0. The van der Waals surface area contributed by atoms with Crippen molar-refractivity contribution in [2.45, 2.75) is 6.92 Å². The molecule has 0 spiro atoms. The first-order valence-electron chi connectivity index (χ1n) is 2.95. The van der Waals surface area contributed by atoms with Crippen molar-refractivity contribution >= 4 is 23.5 Å². The van der Waals surface area contributed by atoms with Crippen molar-refractivity contribution in [3.8, 4) is 0 Å². The number of rotatable bonds is 4. The summed E-state index contributed by atoms with van der Waals surface area (Å²) in [6.07, 6.45) is 3.11. The lowest BCUT2D eigenvalue weighted by molar-refractivity contribution is 0.668. The molecule has 0 atom stereocenters. The average Bonchev–Trinajstić information content (AvgIpc) is 1.99. The molecule has 0 aliphatic rings. The molecule has 0 aliphatic heterocycles. The molecule has 0 radical (unpaired) electrons. The second-order valence-corrected chi connectivity index (χ2v) is 3.83. The second-order valence-electron chi connectivity index (χ2n) is 1.48. The van der Waals surface area contributed by atoms with Gasteiger partial charge in [-0.15, -0.1) is 23.5 Å². The maximum Gasteiger partial charge on any atom is 0.142 e. The van der Waals surface area contributed by atoms with Crippen molar-refractivity contribution in [3.05, 3.63) is 22.7 Å². The molecule has 0 bridgehead atoms. The molecule has 0 aromatic carbocycles. The number of allylic oxidation sites excluding steroid dienone is 2. The highest BCUT2D eigenvalue weighted by Gasteiger charge is 2.00. The lowest BCUT2D eigenvalue weighted by Gasteiger charge is -1.99. The Morgan fingerprint density at radius 3 is 2.60 bits per heavy atom. The van der Waals surface area contributed by atoms with E-state index in [0.29, 0.717) is 0 Å². The fourth-order valence-corrected chi connectivity index (χ4v) is 2.03. The van der Waals surface area contributed by atoms with Crippen LogP contribution in [0.1, 0.15) is 6.92 Å². The van der Waals surface area contributed by atoms with Crippen LogP contribution in [0.15, 0.2) is 22.7 Å². The summed E-state index contributed by atoms with van der Waals surface area (Å²) in [7, 11) is 0. The zero-order valence-electron chi connectivity index (χ0n) is 6.19. The summed E-state index contributed by atoms with van der Waals surface area (Å²) in [5.74, 6) is 0.691.